The maximum atomic E-state index is 6.89. The Bertz CT molecular complexity index is 1470. The van der Waals surface area contributed by atoms with Crippen LogP contribution in [0.3, 0.4) is 0 Å². The van der Waals surface area contributed by atoms with E-state index in [4.69, 9.17) is 35.2 Å². The summed E-state index contributed by atoms with van der Waals surface area (Å²) in [4.78, 5) is 0. The van der Waals surface area contributed by atoms with Gasteiger partial charge >= 0.3 is 0 Å². The molecule has 0 bridgehead atoms. The molecule has 0 spiro atoms. The second kappa shape index (κ2) is 11.6. The molecular formula is C32H27ClP2S2. The molecule has 5 heteroatoms. The highest BCUT2D eigenvalue weighted by atomic mass is 35.5. The average molecular weight is 573 g/mol. The highest BCUT2D eigenvalue weighted by Crippen LogP contribution is 2.63. The highest BCUT2D eigenvalue weighted by molar-refractivity contribution is 8.24. The van der Waals surface area contributed by atoms with Crippen molar-refractivity contribution >= 4 is 68.5 Å². The SMILES string of the molecule is S=P(CC(c1cccc(Cl)c1)P(=S)(c1ccccc1)c1ccccc1)(c1ccccc1)c1ccccc1. The molecule has 0 radical (unpaired) electrons. The monoisotopic (exact) mass is 572 g/mol. The lowest BCUT2D eigenvalue weighted by atomic mass is 10.2. The van der Waals surface area contributed by atoms with E-state index in [2.05, 4.69) is 133 Å². The fourth-order valence-corrected chi connectivity index (χ4v) is 15.5. The van der Waals surface area contributed by atoms with Gasteiger partial charge in [-0.05, 0) is 45.1 Å². The van der Waals surface area contributed by atoms with Crippen molar-refractivity contribution in [1.29, 1.82) is 0 Å². The second-order valence-electron chi connectivity index (χ2n) is 8.99. The van der Waals surface area contributed by atoms with Crippen molar-refractivity contribution in [1.82, 2.24) is 0 Å². The molecule has 1 unspecified atom stereocenters. The van der Waals surface area contributed by atoms with Crippen LogP contribution in [0.2, 0.25) is 5.02 Å². The minimum absolute atomic E-state index is 0.0113. The van der Waals surface area contributed by atoms with Crippen molar-refractivity contribution in [3.8, 4) is 0 Å². The Balaban J connectivity index is 1.79. The molecule has 0 heterocycles. The van der Waals surface area contributed by atoms with Gasteiger partial charge in [0.25, 0.3) is 0 Å². The Hall–Kier alpha value is -2.31. The van der Waals surface area contributed by atoms with Gasteiger partial charge in [0, 0.05) is 22.8 Å². The summed E-state index contributed by atoms with van der Waals surface area (Å²) >= 11 is 20.2. The van der Waals surface area contributed by atoms with E-state index >= 15 is 0 Å². The van der Waals surface area contributed by atoms with Crippen molar-refractivity contribution in [2.24, 2.45) is 0 Å². The molecule has 0 N–H and O–H groups in total. The highest BCUT2D eigenvalue weighted by Gasteiger charge is 2.38. The molecule has 0 saturated heterocycles. The summed E-state index contributed by atoms with van der Waals surface area (Å²) in [5.74, 6) is 0. The molecule has 0 aliphatic carbocycles. The van der Waals surface area contributed by atoms with Crippen molar-refractivity contribution in [2.75, 3.05) is 6.16 Å². The van der Waals surface area contributed by atoms with Crippen molar-refractivity contribution in [3.63, 3.8) is 0 Å². The molecule has 0 saturated carbocycles. The number of halogens is 1. The van der Waals surface area contributed by atoms with Crippen LogP contribution in [0.15, 0.2) is 146 Å². The third-order valence-electron chi connectivity index (χ3n) is 6.73. The second-order valence-corrected chi connectivity index (χ2v) is 18.9. The van der Waals surface area contributed by atoms with E-state index in [0.717, 1.165) is 16.7 Å². The van der Waals surface area contributed by atoms with Crippen LogP contribution in [0.5, 0.6) is 0 Å². The molecule has 0 nitrogen and oxygen atoms in total. The van der Waals surface area contributed by atoms with Crippen LogP contribution < -0.4 is 21.2 Å². The van der Waals surface area contributed by atoms with Gasteiger partial charge in [0.2, 0.25) is 0 Å². The van der Waals surface area contributed by atoms with Gasteiger partial charge in [0.15, 0.2) is 0 Å². The van der Waals surface area contributed by atoms with Crippen LogP contribution in [0.4, 0.5) is 0 Å². The summed E-state index contributed by atoms with van der Waals surface area (Å²) < 4.78 is 0. The van der Waals surface area contributed by atoms with Crippen LogP contribution >= 0.6 is 23.7 Å². The van der Waals surface area contributed by atoms with Crippen molar-refractivity contribution < 1.29 is 0 Å². The first-order valence-electron chi connectivity index (χ1n) is 12.2. The first kappa shape index (κ1) is 26.3. The topological polar surface area (TPSA) is 0 Å². The van der Waals surface area contributed by atoms with E-state index in [9.17, 15) is 0 Å². The lowest BCUT2D eigenvalue weighted by molar-refractivity contribution is 1.10. The molecule has 0 fully saturated rings. The molecule has 0 aliphatic rings. The van der Waals surface area contributed by atoms with Crippen LogP contribution in [-0.2, 0) is 23.6 Å². The predicted octanol–water partition coefficient (Wildman–Crippen LogP) is 7.64. The fourth-order valence-electron chi connectivity index (χ4n) is 4.89. The van der Waals surface area contributed by atoms with Crippen LogP contribution in [0, 0.1) is 0 Å². The average Bonchev–Trinajstić information content (AvgIpc) is 2.97. The Kier molecular flexibility index (Phi) is 8.25. The number of benzene rings is 5. The third-order valence-corrected chi connectivity index (χ3v) is 17.6. The Labute approximate surface area is 235 Å². The zero-order valence-electron chi connectivity index (χ0n) is 20.2. The predicted molar refractivity (Wildman–Crippen MR) is 172 cm³/mol. The third kappa shape index (κ3) is 5.46. The maximum Gasteiger partial charge on any atom is 0.0408 e. The van der Waals surface area contributed by atoms with Crippen molar-refractivity contribution in [3.05, 3.63) is 156 Å². The van der Waals surface area contributed by atoms with E-state index < -0.39 is 12.1 Å². The van der Waals surface area contributed by atoms with Gasteiger partial charge in [-0.15, -0.1) is 0 Å². The summed E-state index contributed by atoms with van der Waals surface area (Å²) in [6.07, 6.45) is 0.776. The van der Waals surface area contributed by atoms with Gasteiger partial charge < -0.3 is 0 Å². The molecule has 5 aromatic rings. The van der Waals surface area contributed by atoms with Gasteiger partial charge in [0.05, 0.1) is 0 Å². The van der Waals surface area contributed by atoms with Crippen LogP contribution in [0.1, 0.15) is 11.2 Å². The van der Waals surface area contributed by atoms with E-state index in [0.29, 0.717) is 0 Å². The summed E-state index contributed by atoms with van der Waals surface area (Å²) in [5.41, 5.74) is 1.17. The first-order valence-corrected chi connectivity index (χ1v) is 18.4. The zero-order chi connectivity index (χ0) is 25.7. The largest absolute Gasteiger partial charge is 0.0876 e. The molecule has 37 heavy (non-hydrogen) atoms. The smallest absolute Gasteiger partial charge is 0.0408 e. The van der Waals surface area contributed by atoms with Gasteiger partial charge in [-0.2, -0.15) is 0 Å². The summed E-state index contributed by atoms with van der Waals surface area (Å²) in [6, 6.07) is 46.2. The van der Waals surface area contributed by atoms with E-state index in [1.54, 1.807) is 0 Å². The zero-order valence-corrected chi connectivity index (χ0v) is 24.4. The number of hydrogen-bond acceptors (Lipinski definition) is 2. The van der Waals surface area contributed by atoms with E-state index in [1.807, 2.05) is 12.1 Å². The van der Waals surface area contributed by atoms with Gasteiger partial charge in [0.1, 0.15) is 0 Å². The lowest BCUT2D eigenvalue weighted by Gasteiger charge is -2.37. The van der Waals surface area contributed by atoms with Crippen LogP contribution in [-0.4, -0.2) is 6.16 Å². The maximum absolute atomic E-state index is 6.89. The molecule has 1 atom stereocenters. The summed E-state index contributed by atoms with van der Waals surface area (Å²) in [7, 11) is 0. The standard InChI is InChI=1S/C32H27ClP2S2/c33-27-15-13-14-26(24-27)32(35(37,30-20-9-3-10-21-30)31-22-11-4-12-23-31)25-34(36,28-16-5-1-6-17-28)29-18-7-2-8-19-29/h1-24,32H,25H2. The van der Waals surface area contributed by atoms with Gasteiger partial charge in [-0.25, -0.2) is 0 Å². The fraction of sp³-hybridized carbons (Fsp3) is 0.0625. The van der Waals surface area contributed by atoms with E-state index in [1.165, 1.54) is 21.2 Å². The molecule has 0 amide bonds. The molecule has 0 aromatic heterocycles. The molecule has 5 aromatic carbocycles. The Morgan fingerprint density at radius 1 is 0.514 bits per heavy atom. The molecule has 5 rings (SSSR count). The van der Waals surface area contributed by atoms with Gasteiger partial charge in [-0.3, -0.25) is 0 Å². The quantitative estimate of drug-likeness (QED) is 0.175. The Morgan fingerprint density at radius 3 is 1.32 bits per heavy atom. The first-order chi connectivity index (χ1) is 18.0. The van der Waals surface area contributed by atoms with Gasteiger partial charge in [-0.1, -0.05) is 169 Å². The summed E-state index contributed by atoms with van der Waals surface area (Å²) in [5, 5.41) is 5.54. The molecule has 0 aliphatic heterocycles. The minimum Gasteiger partial charge on any atom is -0.0876 e. The normalized spacial score (nSPS) is 12.7. The number of rotatable bonds is 8. The minimum atomic E-state index is -2.38. The lowest BCUT2D eigenvalue weighted by Crippen LogP contribution is -2.27. The number of hydrogen-bond donors (Lipinski definition) is 0. The molecular weight excluding hydrogens is 546 g/mol. The van der Waals surface area contributed by atoms with E-state index in [-0.39, 0.29) is 5.66 Å². The summed E-state index contributed by atoms with van der Waals surface area (Å²) in [6.45, 7) is 0. The molecule has 184 valence electrons. The Morgan fingerprint density at radius 2 is 0.919 bits per heavy atom. The van der Waals surface area contributed by atoms with Crippen LogP contribution in [0.25, 0.3) is 0 Å². The van der Waals surface area contributed by atoms with Crippen molar-refractivity contribution in [2.45, 2.75) is 5.66 Å².